The molecule has 0 radical (unpaired) electrons. The molecule has 0 amide bonds. The predicted octanol–water partition coefficient (Wildman–Crippen LogP) is 4.15. The summed E-state index contributed by atoms with van der Waals surface area (Å²) in [7, 11) is -3.75. The molecule has 4 rings (SSSR count). The summed E-state index contributed by atoms with van der Waals surface area (Å²) in [5.74, 6) is 0.741. The molecule has 1 N–H and O–H groups in total. The van der Waals surface area contributed by atoms with Crippen LogP contribution in [0.3, 0.4) is 0 Å². The highest BCUT2D eigenvalue weighted by Crippen LogP contribution is 2.34. The van der Waals surface area contributed by atoms with E-state index >= 15 is 0 Å². The lowest BCUT2D eigenvalue weighted by Gasteiger charge is -2.23. The smallest absolute Gasteiger partial charge is 0.261 e. The van der Waals surface area contributed by atoms with Crippen LogP contribution < -0.4 is 9.62 Å². The Morgan fingerprint density at radius 2 is 1.32 bits per heavy atom. The van der Waals surface area contributed by atoms with Crippen molar-refractivity contribution in [2.75, 3.05) is 9.62 Å². The number of rotatable bonds is 6. The molecular formula is C22H20N6O2S. The lowest BCUT2D eigenvalue weighted by Crippen LogP contribution is -2.18. The van der Waals surface area contributed by atoms with Gasteiger partial charge in [0.05, 0.1) is 16.3 Å². The van der Waals surface area contributed by atoms with Gasteiger partial charge >= 0.3 is 0 Å². The van der Waals surface area contributed by atoms with E-state index < -0.39 is 10.0 Å². The van der Waals surface area contributed by atoms with Crippen LogP contribution in [0.1, 0.15) is 11.1 Å². The molecule has 0 saturated heterocycles. The number of anilines is 4. The SMILES string of the molecule is Cc1ccc(S(=O)(=O)Nc2ccc(C)c(N(c3ncccn3)c3ncccn3)c2)cc1. The standard InChI is InChI=1S/C22H20N6O2S/c1-16-5-9-19(10-6-16)31(29,30)27-18-8-7-17(2)20(15-18)28(21-23-11-3-12-24-21)22-25-13-4-14-26-22/h3-15,27H,1-2H3. The van der Waals surface area contributed by atoms with Gasteiger partial charge in [-0.1, -0.05) is 23.8 Å². The van der Waals surface area contributed by atoms with Crippen LogP contribution in [0.15, 0.2) is 84.3 Å². The molecule has 0 bridgehead atoms. The summed E-state index contributed by atoms with van der Waals surface area (Å²) >= 11 is 0. The number of nitrogens with zero attached hydrogens (tertiary/aromatic N) is 5. The van der Waals surface area contributed by atoms with Crippen LogP contribution >= 0.6 is 0 Å². The summed E-state index contributed by atoms with van der Waals surface area (Å²) in [5, 5.41) is 0. The summed E-state index contributed by atoms with van der Waals surface area (Å²) in [6.07, 6.45) is 6.49. The molecule has 0 saturated carbocycles. The number of hydrogen-bond acceptors (Lipinski definition) is 7. The zero-order valence-corrected chi connectivity index (χ0v) is 17.8. The summed E-state index contributed by atoms with van der Waals surface area (Å²) in [6.45, 7) is 3.81. The van der Waals surface area contributed by atoms with Crippen molar-refractivity contribution in [3.05, 3.63) is 90.5 Å². The molecule has 0 unspecified atom stereocenters. The van der Waals surface area contributed by atoms with Gasteiger partial charge in [0.25, 0.3) is 10.0 Å². The molecule has 0 aliphatic heterocycles. The summed E-state index contributed by atoms with van der Waals surface area (Å²) in [5.41, 5.74) is 2.91. The Labute approximate surface area is 180 Å². The van der Waals surface area contributed by atoms with Crippen molar-refractivity contribution in [1.82, 2.24) is 19.9 Å². The van der Waals surface area contributed by atoms with Gasteiger partial charge in [-0.15, -0.1) is 0 Å². The summed E-state index contributed by atoms with van der Waals surface area (Å²) < 4.78 is 28.3. The Hall–Kier alpha value is -3.85. The van der Waals surface area contributed by atoms with Crippen LogP contribution in [0.4, 0.5) is 23.3 Å². The molecule has 0 aliphatic rings. The normalized spacial score (nSPS) is 11.2. The molecule has 2 heterocycles. The highest BCUT2D eigenvalue weighted by molar-refractivity contribution is 7.92. The molecule has 0 fully saturated rings. The van der Waals surface area contributed by atoms with Crippen molar-refractivity contribution in [2.45, 2.75) is 18.7 Å². The molecule has 4 aromatic rings. The van der Waals surface area contributed by atoms with E-state index in [4.69, 9.17) is 0 Å². The van der Waals surface area contributed by atoms with Crippen molar-refractivity contribution >= 4 is 33.3 Å². The van der Waals surface area contributed by atoms with Crippen LogP contribution in [0.2, 0.25) is 0 Å². The van der Waals surface area contributed by atoms with Crippen molar-refractivity contribution in [1.29, 1.82) is 0 Å². The van der Waals surface area contributed by atoms with E-state index in [2.05, 4.69) is 24.7 Å². The lowest BCUT2D eigenvalue weighted by atomic mass is 10.1. The van der Waals surface area contributed by atoms with Gasteiger partial charge in [0.2, 0.25) is 11.9 Å². The zero-order valence-electron chi connectivity index (χ0n) is 17.0. The second-order valence-electron chi connectivity index (χ2n) is 6.85. The van der Waals surface area contributed by atoms with E-state index in [1.165, 1.54) is 0 Å². The minimum Gasteiger partial charge on any atom is -0.280 e. The topological polar surface area (TPSA) is 101 Å². The lowest BCUT2D eigenvalue weighted by molar-refractivity contribution is 0.601. The van der Waals surface area contributed by atoms with E-state index in [-0.39, 0.29) is 4.90 Å². The van der Waals surface area contributed by atoms with Crippen molar-refractivity contribution in [2.24, 2.45) is 0 Å². The van der Waals surface area contributed by atoms with E-state index in [9.17, 15) is 8.42 Å². The van der Waals surface area contributed by atoms with Gasteiger partial charge in [0.15, 0.2) is 0 Å². The number of benzene rings is 2. The first-order valence-corrected chi connectivity index (χ1v) is 11.0. The van der Waals surface area contributed by atoms with Gasteiger partial charge in [-0.05, 0) is 55.8 Å². The first-order valence-electron chi connectivity index (χ1n) is 9.48. The molecule has 156 valence electrons. The van der Waals surface area contributed by atoms with Gasteiger partial charge in [0, 0.05) is 24.8 Å². The first kappa shape index (κ1) is 20.4. The van der Waals surface area contributed by atoms with Gasteiger partial charge in [-0.25, -0.2) is 33.3 Å². The maximum atomic E-state index is 12.8. The molecule has 31 heavy (non-hydrogen) atoms. The van der Waals surface area contributed by atoms with Gasteiger partial charge in [-0.2, -0.15) is 0 Å². The third kappa shape index (κ3) is 4.51. The average Bonchev–Trinajstić information content (AvgIpc) is 2.78. The molecule has 2 aromatic heterocycles. The van der Waals surface area contributed by atoms with E-state index in [1.807, 2.05) is 19.9 Å². The molecule has 9 heteroatoms. The Morgan fingerprint density at radius 1 is 0.774 bits per heavy atom. The van der Waals surface area contributed by atoms with Gasteiger partial charge in [0.1, 0.15) is 0 Å². The fourth-order valence-electron chi connectivity index (χ4n) is 2.96. The Morgan fingerprint density at radius 3 is 1.87 bits per heavy atom. The predicted molar refractivity (Wildman–Crippen MR) is 119 cm³/mol. The minimum atomic E-state index is -3.75. The highest BCUT2D eigenvalue weighted by Gasteiger charge is 2.21. The van der Waals surface area contributed by atoms with Crippen LogP contribution in [0.5, 0.6) is 0 Å². The third-order valence-electron chi connectivity index (χ3n) is 4.54. The van der Waals surface area contributed by atoms with Gasteiger partial charge in [-0.3, -0.25) is 4.72 Å². The highest BCUT2D eigenvalue weighted by atomic mass is 32.2. The monoisotopic (exact) mass is 432 g/mol. The fraction of sp³-hybridized carbons (Fsp3) is 0.0909. The first-order chi connectivity index (χ1) is 14.9. The van der Waals surface area contributed by atoms with Crippen LogP contribution in [-0.4, -0.2) is 28.4 Å². The molecule has 0 spiro atoms. The number of aromatic nitrogens is 4. The number of sulfonamides is 1. The van der Waals surface area contributed by atoms with E-state index in [0.717, 1.165) is 11.1 Å². The van der Waals surface area contributed by atoms with E-state index in [1.54, 1.807) is 78.2 Å². The summed E-state index contributed by atoms with van der Waals surface area (Å²) in [6, 6.07) is 15.4. The second kappa shape index (κ2) is 8.49. The molecule has 0 atom stereocenters. The van der Waals surface area contributed by atoms with Gasteiger partial charge < -0.3 is 0 Å². The molecular weight excluding hydrogens is 412 g/mol. The van der Waals surface area contributed by atoms with Crippen molar-refractivity contribution < 1.29 is 8.42 Å². The largest absolute Gasteiger partial charge is 0.280 e. The minimum absolute atomic E-state index is 0.190. The fourth-order valence-corrected chi connectivity index (χ4v) is 4.01. The summed E-state index contributed by atoms with van der Waals surface area (Å²) in [4.78, 5) is 19.2. The van der Waals surface area contributed by atoms with Crippen LogP contribution in [0.25, 0.3) is 0 Å². The van der Waals surface area contributed by atoms with Crippen LogP contribution in [0, 0.1) is 13.8 Å². The molecule has 0 aliphatic carbocycles. The van der Waals surface area contributed by atoms with Crippen molar-refractivity contribution in [3.8, 4) is 0 Å². The zero-order chi connectivity index (χ0) is 21.8. The second-order valence-corrected chi connectivity index (χ2v) is 8.54. The Kier molecular flexibility index (Phi) is 5.59. The number of hydrogen-bond donors (Lipinski definition) is 1. The number of aryl methyl sites for hydroxylation is 2. The number of nitrogens with one attached hydrogen (secondary N) is 1. The van der Waals surface area contributed by atoms with Crippen molar-refractivity contribution in [3.63, 3.8) is 0 Å². The van der Waals surface area contributed by atoms with Crippen LogP contribution in [-0.2, 0) is 10.0 Å². The molecule has 2 aromatic carbocycles. The maximum Gasteiger partial charge on any atom is 0.261 e. The maximum absolute atomic E-state index is 12.8. The Balaban J connectivity index is 1.76. The third-order valence-corrected chi connectivity index (χ3v) is 5.94. The quantitative estimate of drug-likeness (QED) is 0.488. The molecule has 8 nitrogen and oxygen atoms in total. The van der Waals surface area contributed by atoms with E-state index in [0.29, 0.717) is 23.3 Å². The Bertz CT molecular complexity index is 1240. The average molecular weight is 433 g/mol.